The van der Waals surface area contributed by atoms with Crippen molar-refractivity contribution in [1.82, 2.24) is 0 Å². The van der Waals surface area contributed by atoms with Crippen molar-refractivity contribution in [3.05, 3.63) is 71.8 Å². The highest BCUT2D eigenvalue weighted by Crippen LogP contribution is 2.36. The molecule has 20 heavy (non-hydrogen) atoms. The van der Waals surface area contributed by atoms with Crippen molar-refractivity contribution in [3.63, 3.8) is 0 Å². The normalized spacial score (nSPS) is 25.6. The predicted octanol–water partition coefficient (Wildman–Crippen LogP) is 3.16. The molecule has 0 unspecified atom stereocenters. The number of benzene rings is 2. The number of ether oxygens (including phenoxy) is 2. The molecule has 1 saturated heterocycles. The summed E-state index contributed by atoms with van der Waals surface area (Å²) >= 11 is 0. The first-order valence-corrected chi connectivity index (χ1v) is 6.67. The van der Waals surface area contributed by atoms with E-state index in [-0.39, 0.29) is 18.7 Å². The molecular formula is C17H16O3. The second-order valence-electron chi connectivity index (χ2n) is 4.88. The lowest BCUT2D eigenvalue weighted by molar-refractivity contribution is -0.0671. The molecule has 0 aromatic heterocycles. The van der Waals surface area contributed by atoms with Gasteiger partial charge in [-0.2, -0.15) is 0 Å². The number of carbonyl (C=O) groups excluding carboxylic acids is 1. The zero-order valence-electron chi connectivity index (χ0n) is 11.3. The van der Waals surface area contributed by atoms with E-state index in [2.05, 4.69) is 0 Å². The van der Waals surface area contributed by atoms with E-state index < -0.39 is 5.60 Å². The summed E-state index contributed by atoms with van der Waals surface area (Å²) in [5, 5.41) is 0. The minimum atomic E-state index is -1.04. The fourth-order valence-electron chi connectivity index (χ4n) is 2.52. The molecule has 2 aromatic carbocycles. The van der Waals surface area contributed by atoms with E-state index >= 15 is 0 Å². The van der Waals surface area contributed by atoms with Crippen LogP contribution in [0.15, 0.2) is 60.7 Å². The molecule has 3 nitrogen and oxygen atoms in total. The molecule has 2 aromatic rings. The Labute approximate surface area is 118 Å². The summed E-state index contributed by atoms with van der Waals surface area (Å²) in [7, 11) is 0. The van der Waals surface area contributed by atoms with E-state index in [1.807, 2.05) is 55.5 Å². The zero-order valence-corrected chi connectivity index (χ0v) is 11.3. The summed E-state index contributed by atoms with van der Waals surface area (Å²) in [4.78, 5) is 12.9. The molecular weight excluding hydrogens is 252 g/mol. The molecule has 1 heterocycles. The Bertz CT molecular complexity index is 594. The molecule has 3 rings (SSSR count). The summed E-state index contributed by atoms with van der Waals surface area (Å²) in [6.45, 7) is 2.05. The highest BCUT2D eigenvalue weighted by Gasteiger charge is 2.48. The SMILES string of the molecule is C[C@H]1OC[C@@](C(=O)c2ccccc2)(c2ccccc2)O1. The van der Waals surface area contributed by atoms with Gasteiger partial charge in [-0.25, -0.2) is 0 Å². The predicted molar refractivity (Wildman–Crippen MR) is 75.4 cm³/mol. The van der Waals surface area contributed by atoms with Crippen molar-refractivity contribution in [1.29, 1.82) is 0 Å². The Kier molecular flexibility index (Phi) is 3.38. The van der Waals surface area contributed by atoms with Crippen LogP contribution < -0.4 is 0 Å². The van der Waals surface area contributed by atoms with E-state index in [9.17, 15) is 4.79 Å². The van der Waals surface area contributed by atoms with E-state index in [1.165, 1.54) is 0 Å². The maximum absolute atomic E-state index is 12.9. The number of hydrogen-bond donors (Lipinski definition) is 0. The highest BCUT2D eigenvalue weighted by atomic mass is 16.7. The van der Waals surface area contributed by atoms with Gasteiger partial charge in [0.05, 0.1) is 6.61 Å². The third-order valence-corrected chi connectivity index (χ3v) is 3.53. The van der Waals surface area contributed by atoms with Gasteiger partial charge in [0, 0.05) is 5.56 Å². The number of rotatable bonds is 3. The minimum Gasteiger partial charge on any atom is -0.349 e. The summed E-state index contributed by atoms with van der Waals surface area (Å²) < 4.78 is 11.4. The molecule has 1 fully saturated rings. The fourth-order valence-corrected chi connectivity index (χ4v) is 2.52. The van der Waals surface area contributed by atoms with Gasteiger partial charge in [-0.3, -0.25) is 4.79 Å². The number of ketones is 1. The van der Waals surface area contributed by atoms with E-state index in [0.29, 0.717) is 5.56 Å². The van der Waals surface area contributed by atoms with Crippen LogP contribution in [0, 0.1) is 0 Å². The number of hydrogen-bond acceptors (Lipinski definition) is 3. The molecule has 0 radical (unpaired) electrons. The number of carbonyl (C=O) groups is 1. The molecule has 0 N–H and O–H groups in total. The van der Waals surface area contributed by atoms with Crippen LogP contribution >= 0.6 is 0 Å². The summed E-state index contributed by atoms with van der Waals surface area (Å²) in [5.41, 5.74) is 0.425. The first-order valence-electron chi connectivity index (χ1n) is 6.67. The third-order valence-electron chi connectivity index (χ3n) is 3.53. The molecule has 0 aliphatic carbocycles. The van der Waals surface area contributed by atoms with E-state index in [1.54, 1.807) is 12.1 Å². The second-order valence-corrected chi connectivity index (χ2v) is 4.88. The van der Waals surface area contributed by atoms with Crippen LogP contribution in [0.25, 0.3) is 0 Å². The van der Waals surface area contributed by atoms with Gasteiger partial charge in [-0.15, -0.1) is 0 Å². The maximum Gasteiger partial charge on any atom is 0.201 e. The van der Waals surface area contributed by atoms with Crippen LogP contribution in [0.4, 0.5) is 0 Å². The van der Waals surface area contributed by atoms with Crippen molar-refractivity contribution in [3.8, 4) is 0 Å². The van der Waals surface area contributed by atoms with E-state index in [0.717, 1.165) is 5.56 Å². The third kappa shape index (κ3) is 2.15. The van der Waals surface area contributed by atoms with Crippen molar-refractivity contribution >= 4 is 5.78 Å². The lowest BCUT2D eigenvalue weighted by atomic mass is 9.86. The molecule has 2 atom stereocenters. The van der Waals surface area contributed by atoms with Gasteiger partial charge in [0.25, 0.3) is 0 Å². The summed E-state index contributed by atoms with van der Waals surface area (Å²) in [6.07, 6.45) is -0.386. The molecule has 0 spiro atoms. The van der Waals surface area contributed by atoms with Crippen molar-refractivity contribution in [2.45, 2.75) is 18.8 Å². The van der Waals surface area contributed by atoms with Crippen LogP contribution in [-0.2, 0) is 15.1 Å². The lowest BCUT2D eigenvalue weighted by Gasteiger charge is -2.26. The minimum absolute atomic E-state index is 0.0614. The first kappa shape index (κ1) is 13.0. The van der Waals surface area contributed by atoms with Gasteiger partial charge in [-0.1, -0.05) is 60.7 Å². The molecule has 0 saturated carbocycles. The largest absolute Gasteiger partial charge is 0.349 e. The molecule has 1 aliphatic rings. The van der Waals surface area contributed by atoms with Crippen molar-refractivity contribution < 1.29 is 14.3 Å². The van der Waals surface area contributed by atoms with Gasteiger partial charge in [0.1, 0.15) is 0 Å². The molecule has 1 aliphatic heterocycles. The smallest absolute Gasteiger partial charge is 0.201 e. The molecule has 0 amide bonds. The molecule has 0 bridgehead atoms. The van der Waals surface area contributed by atoms with Gasteiger partial charge < -0.3 is 9.47 Å². The lowest BCUT2D eigenvalue weighted by Crippen LogP contribution is -2.38. The number of Topliss-reactive ketones (excluding diaryl/α,β-unsaturated/α-hetero) is 1. The Hall–Kier alpha value is -1.97. The summed E-state index contributed by atoms with van der Waals surface area (Å²) in [5.74, 6) is -0.0614. The average Bonchev–Trinajstić information content (AvgIpc) is 2.92. The van der Waals surface area contributed by atoms with Crippen LogP contribution in [0.5, 0.6) is 0 Å². The topological polar surface area (TPSA) is 35.5 Å². The Morgan fingerprint density at radius 2 is 1.65 bits per heavy atom. The van der Waals surface area contributed by atoms with Gasteiger partial charge in [0.15, 0.2) is 11.9 Å². The quantitative estimate of drug-likeness (QED) is 0.802. The van der Waals surface area contributed by atoms with Crippen molar-refractivity contribution in [2.75, 3.05) is 6.61 Å². The Balaban J connectivity index is 2.06. The van der Waals surface area contributed by atoms with Crippen LogP contribution in [-0.4, -0.2) is 18.7 Å². The van der Waals surface area contributed by atoms with Gasteiger partial charge >= 0.3 is 0 Å². The monoisotopic (exact) mass is 268 g/mol. The fraction of sp³-hybridized carbons (Fsp3) is 0.235. The Morgan fingerprint density at radius 1 is 1.05 bits per heavy atom. The standard InChI is InChI=1S/C17H16O3/c1-13-19-12-17(20-13,15-10-6-3-7-11-15)16(18)14-8-4-2-5-9-14/h2-11,13H,12H2,1H3/t13-,17-/m0/s1. The second kappa shape index (κ2) is 5.19. The molecule has 3 heteroatoms. The van der Waals surface area contributed by atoms with Crippen LogP contribution in [0.2, 0.25) is 0 Å². The van der Waals surface area contributed by atoms with Gasteiger partial charge in [0.2, 0.25) is 5.78 Å². The highest BCUT2D eigenvalue weighted by molar-refractivity contribution is 6.03. The summed E-state index contributed by atoms with van der Waals surface area (Å²) in [6, 6.07) is 18.7. The van der Waals surface area contributed by atoms with Crippen molar-refractivity contribution in [2.24, 2.45) is 0 Å². The maximum atomic E-state index is 12.9. The van der Waals surface area contributed by atoms with Crippen LogP contribution in [0.3, 0.4) is 0 Å². The Morgan fingerprint density at radius 3 is 2.20 bits per heavy atom. The first-order chi connectivity index (χ1) is 9.72. The zero-order chi connectivity index (χ0) is 14.0. The van der Waals surface area contributed by atoms with Gasteiger partial charge in [-0.05, 0) is 12.5 Å². The van der Waals surface area contributed by atoms with Crippen LogP contribution in [0.1, 0.15) is 22.8 Å². The molecule has 102 valence electrons. The average molecular weight is 268 g/mol. The van der Waals surface area contributed by atoms with E-state index in [4.69, 9.17) is 9.47 Å².